The Kier molecular flexibility index (Phi) is 2.47. The molecule has 2 rings (SSSR count). The molecule has 1 fully saturated rings. The van der Waals surface area contributed by atoms with E-state index in [1.165, 1.54) is 0 Å². The Hall–Kier alpha value is -1.06. The van der Waals surface area contributed by atoms with E-state index in [-0.39, 0.29) is 6.10 Å². The van der Waals surface area contributed by atoms with E-state index in [2.05, 4.69) is 5.32 Å². The van der Waals surface area contributed by atoms with Gasteiger partial charge in [-0.05, 0) is 17.7 Å². The fourth-order valence-electron chi connectivity index (χ4n) is 1.47. The number of nitrogens with one attached hydrogen (secondary N) is 1. The number of phenolic OH excluding ortho intramolecular Hbond substituents is 1. The summed E-state index contributed by atoms with van der Waals surface area (Å²) in [5, 5.41) is 12.4. The zero-order valence-corrected chi connectivity index (χ0v) is 7.36. The van der Waals surface area contributed by atoms with E-state index in [9.17, 15) is 0 Å². The van der Waals surface area contributed by atoms with Crippen LogP contribution in [0.25, 0.3) is 0 Å². The summed E-state index contributed by atoms with van der Waals surface area (Å²) < 4.78 is 5.56. The molecule has 0 spiro atoms. The highest BCUT2D eigenvalue weighted by atomic mass is 16.5. The van der Waals surface area contributed by atoms with Crippen LogP contribution in [-0.4, -0.2) is 24.8 Å². The van der Waals surface area contributed by atoms with Crippen LogP contribution in [0.2, 0.25) is 0 Å². The first-order valence-electron chi connectivity index (χ1n) is 4.47. The largest absolute Gasteiger partial charge is 0.508 e. The number of hydrogen-bond acceptors (Lipinski definition) is 3. The Morgan fingerprint density at radius 2 is 2.08 bits per heavy atom. The first-order chi connectivity index (χ1) is 6.36. The molecule has 0 unspecified atom stereocenters. The SMILES string of the molecule is Oc1ccc([C@H]2CNCCO2)cc1. The van der Waals surface area contributed by atoms with Crippen molar-refractivity contribution < 1.29 is 9.84 Å². The highest BCUT2D eigenvalue weighted by Crippen LogP contribution is 2.20. The maximum Gasteiger partial charge on any atom is 0.115 e. The van der Waals surface area contributed by atoms with Crippen molar-refractivity contribution >= 4 is 0 Å². The first-order valence-corrected chi connectivity index (χ1v) is 4.47. The second-order valence-electron chi connectivity index (χ2n) is 3.16. The van der Waals surface area contributed by atoms with Gasteiger partial charge in [0.1, 0.15) is 5.75 Å². The zero-order chi connectivity index (χ0) is 9.10. The van der Waals surface area contributed by atoms with Gasteiger partial charge in [0.05, 0.1) is 12.7 Å². The molecular formula is C10H13NO2. The number of aromatic hydroxyl groups is 1. The molecule has 3 nitrogen and oxygen atoms in total. The Morgan fingerprint density at radius 1 is 1.31 bits per heavy atom. The average Bonchev–Trinajstić information content (AvgIpc) is 2.20. The Labute approximate surface area is 77.3 Å². The molecule has 0 bridgehead atoms. The van der Waals surface area contributed by atoms with Crippen molar-refractivity contribution in [2.45, 2.75) is 6.10 Å². The molecule has 0 saturated carbocycles. The normalized spacial score (nSPS) is 22.9. The molecule has 1 aromatic rings. The van der Waals surface area contributed by atoms with Crippen LogP contribution >= 0.6 is 0 Å². The van der Waals surface area contributed by atoms with Gasteiger partial charge in [-0.15, -0.1) is 0 Å². The molecule has 1 aliphatic heterocycles. The van der Waals surface area contributed by atoms with Gasteiger partial charge in [-0.1, -0.05) is 12.1 Å². The minimum Gasteiger partial charge on any atom is -0.508 e. The second-order valence-corrected chi connectivity index (χ2v) is 3.16. The van der Waals surface area contributed by atoms with E-state index >= 15 is 0 Å². The third kappa shape index (κ3) is 1.99. The predicted molar refractivity (Wildman–Crippen MR) is 49.7 cm³/mol. The Bertz CT molecular complexity index is 265. The highest BCUT2D eigenvalue weighted by Gasteiger charge is 2.14. The first kappa shape index (κ1) is 8.53. The molecule has 1 aromatic carbocycles. The molecule has 13 heavy (non-hydrogen) atoms. The van der Waals surface area contributed by atoms with Crippen LogP contribution in [0.3, 0.4) is 0 Å². The van der Waals surface area contributed by atoms with Gasteiger partial charge in [-0.25, -0.2) is 0 Å². The van der Waals surface area contributed by atoms with Crippen molar-refractivity contribution in [1.82, 2.24) is 5.32 Å². The summed E-state index contributed by atoms with van der Waals surface area (Å²) in [5.41, 5.74) is 1.12. The molecule has 1 saturated heterocycles. The minimum absolute atomic E-state index is 0.134. The molecule has 0 aromatic heterocycles. The van der Waals surface area contributed by atoms with Gasteiger partial charge in [0, 0.05) is 13.1 Å². The Morgan fingerprint density at radius 3 is 2.69 bits per heavy atom. The lowest BCUT2D eigenvalue weighted by Crippen LogP contribution is -2.33. The van der Waals surface area contributed by atoms with Crippen LogP contribution in [0.15, 0.2) is 24.3 Å². The molecule has 1 aliphatic rings. The summed E-state index contributed by atoms with van der Waals surface area (Å²) in [6.45, 7) is 2.53. The minimum atomic E-state index is 0.134. The molecule has 70 valence electrons. The molecular weight excluding hydrogens is 166 g/mol. The lowest BCUT2D eigenvalue weighted by molar-refractivity contribution is 0.0277. The van der Waals surface area contributed by atoms with Crippen molar-refractivity contribution in [2.24, 2.45) is 0 Å². The summed E-state index contributed by atoms with van der Waals surface area (Å²) in [6, 6.07) is 7.17. The number of ether oxygens (including phenoxy) is 1. The fourth-order valence-corrected chi connectivity index (χ4v) is 1.47. The van der Waals surface area contributed by atoms with Crippen LogP contribution in [0.5, 0.6) is 5.75 Å². The van der Waals surface area contributed by atoms with Gasteiger partial charge < -0.3 is 15.2 Å². The Balaban J connectivity index is 2.10. The number of morpholine rings is 1. The van der Waals surface area contributed by atoms with Crippen LogP contribution in [0, 0.1) is 0 Å². The zero-order valence-electron chi connectivity index (χ0n) is 7.36. The monoisotopic (exact) mass is 179 g/mol. The molecule has 1 atom stereocenters. The smallest absolute Gasteiger partial charge is 0.115 e. The van der Waals surface area contributed by atoms with E-state index in [1.807, 2.05) is 12.1 Å². The quantitative estimate of drug-likeness (QED) is 0.677. The molecule has 1 heterocycles. The summed E-state index contributed by atoms with van der Waals surface area (Å²) >= 11 is 0. The van der Waals surface area contributed by atoms with Crippen molar-refractivity contribution in [3.8, 4) is 5.75 Å². The molecule has 0 amide bonds. The third-order valence-electron chi connectivity index (χ3n) is 2.19. The van der Waals surface area contributed by atoms with Crippen molar-refractivity contribution in [3.05, 3.63) is 29.8 Å². The van der Waals surface area contributed by atoms with Gasteiger partial charge in [-0.2, -0.15) is 0 Å². The molecule has 3 heteroatoms. The van der Waals surface area contributed by atoms with E-state index in [0.717, 1.165) is 25.3 Å². The molecule has 0 aliphatic carbocycles. The standard InChI is InChI=1S/C10H13NO2/c12-9-3-1-8(2-4-9)10-7-11-5-6-13-10/h1-4,10-12H,5-7H2/t10-/m1/s1. The fraction of sp³-hybridized carbons (Fsp3) is 0.400. The second kappa shape index (κ2) is 3.77. The number of benzene rings is 1. The van der Waals surface area contributed by atoms with Gasteiger partial charge >= 0.3 is 0 Å². The van der Waals surface area contributed by atoms with E-state index < -0.39 is 0 Å². The van der Waals surface area contributed by atoms with Crippen LogP contribution < -0.4 is 5.32 Å². The lowest BCUT2D eigenvalue weighted by atomic mass is 10.1. The van der Waals surface area contributed by atoms with Gasteiger partial charge in [-0.3, -0.25) is 0 Å². The predicted octanol–water partition coefficient (Wildman–Crippen LogP) is 1.05. The lowest BCUT2D eigenvalue weighted by Gasteiger charge is -2.23. The van der Waals surface area contributed by atoms with Gasteiger partial charge in [0.2, 0.25) is 0 Å². The van der Waals surface area contributed by atoms with E-state index in [1.54, 1.807) is 12.1 Å². The number of hydrogen-bond donors (Lipinski definition) is 2. The summed E-state index contributed by atoms with van der Waals surface area (Å²) in [7, 11) is 0. The van der Waals surface area contributed by atoms with Crippen LogP contribution in [0.1, 0.15) is 11.7 Å². The third-order valence-corrected chi connectivity index (χ3v) is 2.19. The van der Waals surface area contributed by atoms with Gasteiger partial charge in [0.25, 0.3) is 0 Å². The summed E-state index contributed by atoms with van der Waals surface area (Å²) in [6.07, 6.45) is 0.134. The van der Waals surface area contributed by atoms with Crippen molar-refractivity contribution in [1.29, 1.82) is 0 Å². The van der Waals surface area contributed by atoms with E-state index in [4.69, 9.17) is 9.84 Å². The summed E-state index contributed by atoms with van der Waals surface area (Å²) in [5.74, 6) is 0.299. The molecule has 0 radical (unpaired) electrons. The average molecular weight is 179 g/mol. The van der Waals surface area contributed by atoms with Crippen LogP contribution in [-0.2, 0) is 4.74 Å². The maximum absolute atomic E-state index is 9.10. The summed E-state index contributed by atoms with van der Waals surface area (Å²) in [4.78, 5) is 0. The topological polar surface area (TPSA) is 41.5 Å². The molecule has 2 N–H and O–H groups in total. The number of phenols is 1. The number of rotatable bonds is 1. The van der Waals surface area contributed by atoms with Gasteiger partial charge in [0.15, 0.2) is 0 Å². The highest BCUT2D eigenvalue weighted by molar-refractivity contribution is 5.27. The van der Waals surface area contributed by atoms with Crippen molar-refractivity contribution in [2.75, 3.05) is 19.7 Å². The van der Waals surface area contributed by atoms with E-state index in [0.29, 0.717) is 5.75 Å². The van der Waals surface area contributed by atoms with Crippen molar-refractivity contribution in [3.63, 3.8) is 0 Å². The maximum atomic E-state index is 9.10. The van der Waals surface area contributed by atoms with Crippen LogP contribution in [0.4, 0.5) is 0 Å².